The smallest absolute Gasteiger partial charge is 0.319 e. The molecule has 0 radical (unpaired) electrons. The van der Waals surface area contributed by atoms with Crippen LogP contribution < -0.4 is 5.32 Å². The molecule has 0 saturated carbocycles. The Bertz CT molecular complexity index is 204. The van der Waals surface area contributed by atoms with Gasteiger partial charge in [-0.2, -0.15) is 0 Å². The molecule has 1 N–H and O–H groups in total. The molecule has 0 saturated heterocycles. The van der Waals surface area contributed by atoms with Crippen LogP contribution in [0.4, 0.5) is 0 Å². The molecule has 1 amide bonds. The molecule has 0 atom stereocenters. The molecule has 0 unspecified atom stereocenters. The van der Waals surface area contributed by atoms with E-state index in [0.717, 1.165) is 0 Å². The SMILES string of the molecule is COC(=O)CN(C)CC(=O)NC(C)C. The zero-order valence-electron chi connectivity index (χ0n) is 9.16. The van der Waals surface area contributed by atoms with Gasteiger partial charge in [0.05, 0.1) is 20.2 Å². The lowest BCUT2D eigenvalue weighted by Gasteiger charge is -2.15. The van der Waals surface area contributed by atoms with Gasteiger partial charge in [0, 0.05) is 6.04 Å². The van der Waals surface area contributed by atoms with E-state index < -0.39 is 0 Å². The number of carbonyl (C=O) groups is 2. The largest absolute Gasteiger partial charge is 0.468 e. The van der Waals surface area contributed by atoms with Gasteiger partial charge in [-0.05, 0) is 20.9 Å². The first-order valence-electron chi connectivity index (χ1n) is 4.50. The van der Waals surface area contributed by atoms with E-state index in [1.54, 1.807) is 11.9 Å². The van der Waals surface area contributed by atoms with Crippen molar-refractivity contribution in [2.45, 2.75) is 19.9 Å². The van der Waals surface area contributed by atoms with Crippen LogP contribution in [0, 0.1) is 0 Å². The molecule has 14 heavy (non-hydrogen) atoms. The second kappa shape index (κ2) is 6.37. The molecule has 0 aromatic carbocycles. The number of carbonyl (C=O) groups excluding carboxylic acids is 2. The minimum Gasteiger partial charge on any atom is -0.468 e. The van der Waals surface area contributed by atoms with Gasteiger partial charge >= 0.3 is 5.97 Å². The van der Waals surface area contributed by atoms with E-state index in [-0.39, 0.29) is 31.0 Å². The molecular weight excluding hydrogens is 184 g/mol. The van der Waals surface area contributed by atoms with Crippen molar-refractivity contribution in [3.63, 3.8) is 0 Å². The molecule has 0 heterocycles. The van der Waals surface area contributed by atoms with Gasteiger partial charge in [0.2, 0.25) is 5.91 Å². The summed E-state index contributed by atoms with van der Waals surface area (Å²) in [5, 5.41) is 2.73. The number of nitrogens with zero attached hydrogens (tertiary/aromatic N) is 1. The number of amides is 1. The quantitative estimate of drug-likeness (QED) is 0.617. The first-order valence-corrected chi connectivity index (χ1v) is 4.50. The Morgan fingerprint density at radius 2 is 1.93 bits per heavy atom. The highest BCUT2D eigenvalue weighted by atomic mass is 16.5. The number of methoxy groups -OCH3 is 1. The minimum absolute atomic E-state index is 0.0913. The molecule has 0 aliphatic heterocycles. The fourth-order valence-electron chi connectivity index (χ4n) is 0.954. The molecule has 0 aromatic heterocycles. The molecular formula is C9H18N2O3. The number of rotatable bonds is 5. The van der Waals surface area contributed by atoms with Crippen molar-refractivity contribution in [1.82, 2.24) is 10.2 Å². The topological polar surface area (TPSA) is 58.6 Å². The highest BCUT2D eigenvalue weighted by Crippen LogP contribution is 1.85. The first kappa shape index (κ1) is 12.9. The van der Waals surface area contributed by atoms with E-state index in [2.05, 4.69) is 10.1 Å². The van der Waals surface area contributed by atoms with Gasteiger partial charge in [-0.25, -0.2) is 0 Å². The molecule has 0 aliphatic rings. The van der Waals surface area contributed by atoms with E-state index in [9.17, 15) is 9.59 Å². The van der Waals surface area contributed by atoms with Crippen molar-refractivity contribution in [2.24, 2.45) is 0 Å². The summed E-state index contributed by atoms with van der Waals surface area (Å²) in [6.07, 6.45) is 0. The first-order chi connectivity index (χ1) is 6.45. The second-order valence-corrected chi connectivity index (χ2v) is 3.47. The Kier molecular flexibility index (Phi) is 5.87. The molecule has 0 rings (SSSR count). The van der Waals surface area contributed by atoms with Crippen molar-refractivity contribution in [3.05, 3.63) is 0 Å². The summed E-state index contributed by atoms with van der Waals surface area (Å²) in [5.41, 5.74) is 0. The highest BCUT2D eigenvalue weighted by molar-refractivity contribution is 5.79. The van der Waals surface area contributed by atoms with Crippen LogP contribution in [0.25, 0.3) is 0 Å². The highest BCUT2D eigenvalue weighted by Gasteiger charge is 2.10. The van der Waals surface area contributed by atoms with E-state index >= 15 is 0 Å². The third-order valence-electron chi connectivity index (χ3n) is 1.49. The summed E-state index contributed by atoms with van der Waals surface area (Å²) >= 11 is 0. The van der Waals surface area contributed by atoms with E-state index in [1.165, 1.54) is 7.11 Å². The van der Waals surface area contributed by atoms with Crippen molar-refractivity contribution >= 4 is 11.9 Å². The number of esters is 1. The summed E-state index contributed by atoms with van der Waals surface area (Å²) < 4.78 is 4.47. The predicted molar refractivity (Wildman–Crippen MR) is 52.8 cm³/mol. The maximum Gasteiger partial charge on any atom is 0.319 e. The maximum absolute atomic E-state index is 11.2. The molecule has 5 nitrogen and oxygen atoms in total. The number of likely N-dealkylation sites (N-methyl/N-ethyl adjacent to an activating group) is 1. The van der Waals surface area contributed by atoms with Crippen molar-refractivity contribution in [2.75, 3.05) is 27.2 Å². The Labute approximate surface area is 84.4 Å². The zero-order valence-corrected chi connectivity index (χ0v) is 9.16. The van der Waals surface area contributed by atoms with Crippen LogP contribution in [0.1, 0.15) is 13.8 Å². The Morgan fingerprint density at radius 1 is 1.36 bits per heavy atom. The van der Waals surface area contributed by atoms with Crippen LogP contribution in [-0.4, -0.2) is 50.1 Å². The molecule has 0 aliphatic carbocycles. The average molecular weight is 202 g/mol. The van der Waals surface area contributed by atoms with Crippen LogP contribution >= 0.6 is 0 Å². The number of nitrogens with one attached hydrogen (secondary N) is 1. The van der Waals surface area contributed by atoms with Gasteiger partial charge in [-0.15, -0.1) is 0 Å². The second-order valence-electron chi connectivity index (χ2n) is 3.47. The number of ether oxygens (including phenoxy) is 1. The van der Waals surface area contributed by atoms with E-state index in [0.29, 0.717) is 0 Å². The van der Waals surface area contributed by atoms with Gasteiger partial charge < -0.3 is 10.1 Å². The molecule has 82 valence electrons. The monoisotopic (exact) mass is 202 g/mol. The molecule has 5 heteroatoms. The lowest BCUT2D eigenvalue weighted by molar-refractivity contribution is -0.141. The third kappa shape index (κ3) is 6.42. The summed E-state index contributed by atoms with van der Waals surface area (Å²) in [7, 11) is 3.02. The van der Waals surface area contributed by atoms with Crippen molar-refractivity contribution in [3.8, 4) is 0 Å². The minimum atomic E-state index is -0.343. The van der Waals surface area contributed by atoms with Gasteiger partial charge in [-0.1, -0.05) is 0 Å². The molecule has 0 spiro atoms. The fraction of sp³-hybridized carbons (Fsp3) is 0.778. The van der Waals surface area contributed by atoms with Crippen LogP contribution in [0.15, 0.2) is 0 Å². The van der Waals surface area contributed by atoms with Crippen molar-refractivity contribution < 1.29 is 14.3 Å². The van der Waals surface area contributed by atoms with Gasteiger partial charge in [-0.3, -0.25) is 14.5 Å². The van der Waals surface area contributed by atoms with Gasteiger partial charge in [0.1, 0.15) is 0 Å². The average Bonchev–Trinajstić information content (AvgIpc) is 2.01. The Balaban J connectivity index is 3.76. The van der Waals surface area contributed by atoms with E-state index in [1.807, 2.05) is 13.8 Å². The lowest BCUT2D eigenvalue weighted by Crippen LogP contribution is -2.40. The molecule has 0 aromatic rings. The van der Waals surface area contributed by atoms with Gasteiger partial charge in [0.25, 0.3) is 0 Å². The van der Waals surface area contributed by atoms with Gasteiger partial charge in [0.15, 0.2) is 0 Å². The summed E-state index contributed by atoms with van der Waals surface area (Å²) in [4.78, 5) is 23.7. The van der Waals surface area contributed by atoms with Crippen molar-refractivity contribution in [1.29, 1.82) is 0 Å². The third-order valence-corrected chi connectivity index (χ3v) is 1.49. The summed E-state index contributed by atoms with van der Waals surface area (Å²) in [6, 6.07) is 0.119. The van der Waals surface area contributed by atoms with E-state index in [4.69, 9.17) is 0 Å². The zero-order chi connectivity index (χ0) is 11.1. The number of hydrogen-bond donors (Lipinski definition) is 1. The van der Waals surface area contributed by atoms with Crippen LogP contribution in [-0.2, 0) is 14.3 Å². The summed E-state index contributed by atoms with van der Waals surface area (Å²) in [6.45, 7) is 4.10. The normalized spacial score (nSPS) is 10.4. The predicted octanol–water partition coefficient (Wildman–Crippen LogP) is -0.384. The van der Waals surface area contributed by atoms with Crippen LogP contribution in [0.2, 0.25) is 0 Å². The molecule has 0 fully saturated rings. The Hall–Kier alpha value is -1.10. The fourth-order valence-corrected chi connectivity index (χ4v) is 0.954. The molecule has 0 bridgehead atoms. The Morgan fingerprint density at radius 3 is 2.36 bits per heavy atom. The number of hydrogen-bond acceptors (Lipinski definition) is 4. The lowest BCUT2D eigenvalue weighted by atomic mass is 10.4. The maximum atomic E-state index is 11.2. The van der Waals surface area contributed by atoms with Crippen LogP contribution in [0.5, 0.6) is 0 Å². The summed E-state index contributed by atoms with van der Waals surface area (Å²) in [5.74, 6) is -0.434. The standard InChI is InChI=1S/C9H18N2O3/c1-7(2)10-8(12)5-11(3)6-9(13)14-4/h7H,5-6H2,1-4H3,(H,10,12). The van der Waals surface area contributed by atoms with Crippen LogP contribution in [0.3, 0.4) is 0 Å².